The first kappa shape index (κ1) is 15.4. The van der Waals surface area contributed by atoms with Crippen molar-refractivity contribution >= 4 is 6.03 Å². The molecule has 2 rings (SSSR count). The quantitative estimate of drug-likeness (QED) is 0.811. The molecule has 0 aliphatic carbocycles. The number of carbonyl (C=O) groups excluding carboxylic acids is 1. The van der Waals surface area contributed by atoms with Gasteiger partial charge in [0, 0.05) is 32.7 Å². The summed E-state index contributed by atoms with van der Waals surface area (Å²) in [6, 6.07) is 2.86. The van der Waals surface area contributed by atoms with Gasteiger partial charge in [0.1, 0.15) is 17.6 Å². The maximum Gasteiger partial charge on any atom is 0.339 e. The second-order valence-electron chi connectivity index (χ2n) is 4.92. The number of nitrogens with one attached hydrogen (secondary N) is 1. The van der Waals surface area contributed by atoms with Gasteiger partial charge in [-0.15, -0.1) is 0 Å². The van der Waals surface area contributed by atoms with E-state index in [0.717, 1.165) is 6.42 Å². The largest absolute Gasteiger partial charge is 0.488 e. The minimum absolute atomic E-state index is 0.112. The van der Waals surface area contributed by atoms with Gasteiger partial charge in [-0.05, 0) is 6.92 Å². The first-order valence-corrected chi connectivity index (χ1v) is 6.88. The van der Waals surface area contributed by atoms with E-state index in [-0.39, 0.29) is 12.1 Å². The summed E-state index contributed by atoms with van der Waals surface area (Å²) in [6.07, 6.45) is 0.621. The maximum atomic E-state index is 11.9. The Hall–Kier alpha value is -2.02. The topological polar surface area (TPSA) is 81.0 Å². The summed E-state index contributed by atoms with van der Waals surface area (Å²) in [4.78, 5) is 24.8. The normalized spacial score (nSPS) is 17.8. The van der Waals surface area contributed by atoms with Crippen molar-refractivity contribution in [2.24, 2.45) is 0 Å². The van der Waals surface area contributed by atoms with Crippen LogP contribution in [0.25, 0.3) is 0 Å². The summed E-state index contributed by atoms with van der Waals surface area (Å²) >= 11 is 0. The Balaban J connectivity index is 1.84. The monoisotopic (exact) mass is 296 g/mol. The number of likely N-dealkylation sites (tertiary alicyclic amines) is 1. The van der Waals surface area contributed by atoms with Crippen LogP contribution in [0.5, 0.6) is 5.75 Å². The lowest BCUT2D eigenvalue weighted by molar-refractivity contribution is 0.175. The zero-order valence-electron chi connectivity index (χ0n) is 12.3. The molecule has 1 fully saturated rings. The molecule has 7 heteroatoms. The fraction of sp³-hybridized carbons (Fsp3) is 0.571. The molecule has 0 aromatic carbocycles. The van der Waals surface area contributed by atoms with Crippen molar-refractivity contribution in [3.05, 3.63) is 28.3 Å². The number of carbonyl (C=O) groups is 1. The second kappa shape index (κ2) is 7.12. The highest BCUT2D eigenvalue weighted by Crippen LogP contribution is 2.18. The molecule has 21 heavy (non-hydrogen) atoms. The van der Waals surface area contributed by atoms with E-state index in [1.54, 1.807) is 25.0 Å². The number of nitrogens with zero attached hydrogens (tertiary/aromatic N) is 1. The lowest BCUT2D eigenvalue weighted by Gasteiger charge is -2.17. The lowest BCUT2D eigenvalue weighted by atomic mass is 10.3. The molecule has 1 unspecified atom stereocenters. The summed E-state index contributed by atoms with van der Waals surface area (Å²) in [5, 5.41) is 2.77. The van der Waals surface area contributed by atoms with Gasteiger partial charge in [-0.2, -0.15) is 0 Å². The van der Waals surface area contributed by atoms with Crippen LogP contribution in [0.2, 0.25) is 0 Å². The fourth-order valence-electron chi connectivity index (χ4n) is 2.22. The summed E-state index contributed by atoms with van der Waals surface area (Å²) in [7, 11) is 1.59. The molecule has 1 aliphatic rings. The van der Waals surface area contributed by atoms with E-state index in [2.05, 4.69) is 5.32 Å². The van der Waals surface area contributed by atoms with E-state index >= 15 is 0 Å². The van der Waals surface area contributed by atoms with Crippen molar-refractivity contribution in [3.63, 3.8) is 0 Å². The molecule has 1 N–H and O–H groups in total. The average Bonchev–Trinajstić information content (AvgIpc) is 2.86. The lowest BCUT2D eigenvalue weighted by Crippen LogP contribution is -2.40. The SMILES string of the molecule is COCCNC(=O)N1CCC(Oc2cc(C)oc(=O)c2)C1. The summed E-state index contributed by atoms with van der Waals surface area (Å²) in [6.45, 7) is 3.79. The molecule has 0 radical (unpaired) electrons. The minimum Gasteiger partial charge on any atom is -0.488 e. The van der Waals surface area contributed by atoms with E-state index in [1.165, 1.54) is 6.07 Å². The van der Waals surface area contributed by atoms with Gasteiger partial charge in [0.25, 0.3) is 0 Å². The van der Waals surface area contributed by atoms with Crippen molar-refractivity contribution in [2.45, 2.75) is 19.4 Å². The summed E-state index contributed by atoms with van der Waals surface area (Å²) in [5.74, 6) is 0.986. The van der Waals surface area contributed by atoms with Crippen LogP contribution in [0.15, 0.2) is 21.3 Å². The Bertz CT molecular complexity index is 542. The van der Waals surface area contributed by atoms with Gasteiger partial charge in [0.15, 0.2) is 0 Å². The van der Waals surface area contributed by atoms with Gasteiger partial charge in [-0.3, -0.25) is 0 Å². The van der Waals surface area contributed by atoms with Crippen molar-refractivity contribution in [3.8, 4) is 5.75 Å². The molecule has 1 aromatic heterocycles. The third kappa shape index (κ3) is 4.49. The maximum absolute atomic E-state index is 11.9. The number of methoxy groups -OCH3 is 1. The Morgan fingerprint density at radius 2 is 2.33 bits per heavy atom. The van der Waals surface area contributed by atoms with Gasteiger partial charge < -0.3 is 24.1 Å². The number of hydrogen-bond donors (Lipinski definition) is 1. The van der Waals surface area contributed by atoms with Crippen LogP contribution in [0, 0.1) is 6.92 Å². The molecule has 7 nitrogen and oxygen atoms in total. The Labute approximate surface area is 122 Å². The first-order valence-electron chi connectivity index (χ1n) is 6.88. The average molecular weight is 296 g/mol. The van der Waals surface area contributed by atoms with Gasteiger partial charge in [-0.1, -0.05) is 0 Å². The number of rotatable bonds is 5. The smallest absolute Gasteiger partial charge is 0.339 e. The van der Waals surface area contributed by atoms with E-state index in [0.29, 0.717) is 37.8 Å². The van der Waals surface area contributed by atoms with Crippen LogP contribution < -0.4 is 15.7 Å². The van der Waals surface area contributed by atoms with Gasteiger partial charge in [-0.25, -0.2) is 9.59 Å². The van der Waals surface area contributed by atoms with Crippen molar-refractivity contribution in [2.75, 3.05) is 33.4 Å². The molecular weight excluding hydrogens is 276 g/mol. The van der Waals surface area contributed by atoms with Crippen LogP contribution in [-0.4, -0.2) is 50.4 Å². The van der Waals surface area contributed by atoms with E-state index in [1.807, 2.05) is 0 Å². The Morgan fingerprint density at radius 3 is 3.05 bits per heavy atom. The molecule has 2 amide bonds. The fourth-order valence-corrected chi connectivity index (χ4v) is 2.22. The highest BCUT2D eigenvalue weighted by atomic mass is 16.5. The summed E-state index contributed by atoms with van der Waals surface area (Å²) in [5.41, 5.74) is -0.433. The predicted molar refractivity (Wildman–Crippen MR) is 75.6 cm³/mol. The molecule has 0 bridgehead atoms. The molecule has 1 aromatic rings. The number of urea groups is 1. The molecule has 0 spiro atoms. The molecular formula is C14H20N2O5. The second-order valence-corrected chi connectivity index (χ2v) is 4.92. The molecule has 2 heterocycles. The number of ether oxygens (including phenoxy) is 2. The van der Waals surface area contributed by atoms with E-state index in [9.17, 15) is 9.59 Å². The molecule has 116 valence electrons. The zero-order chi connectivity index (χ0) is 15.2. The van der Waals surface area contributed by atoms with E-state index in [4.69, 9.17) is 13.9 Å². The summed E-state index contributed by atoms with van der Waals surface area (Å²) < 4.78 is 15.5. The first-order chi connectivity index (χ1) is 10.1. The van der Waals surface area contributed by atoms with Crippen LogP contribution in [0.3, 0.4) is 0 Å². The number of aryl methyl sites for hydroxylation is 1. The van der Waals surface area contributed by atoms with Gasteiger partial charge in [0.2, 0.25) is 0 Å². The molecule has 1 aliphatic heterocycles. The molecule has 1 atom stereocenters. The number of amides is 2. The van der Waals surface area contributed by atoms with Gasteiger partial charge >= 0.3 is 11.7 Å². The van der Waals surface area contributed by atoms with Crippen LogP contribution in [-0.2, 0) is 4.74 Å². The molecule has 1 saturated heterocycles. The predicted octanol–water partition coefficient (Wildman–Crippen LogP) is 0.757. The van der Waals surface area contributed by atoms with Crippen molar-refractivity contribution in [1.82, 2.24) is 10.2 Å². The van der Waals surface area contributed by atoms with E-state index < -0.39 is 5.63 Å². The van der Waals surface area contributed by atoms with Crippen molar-refractivity contribution in [1.29, 1.82) is 0 Å². The zero-order valence-corrected chi connectivity index (χ0v) is 12.3. The highest BCUT2D eigenvalue weighted by molar-refractivity contribution is 5.74. The Kier molecular flexibility index (Phi) is 5.21. The Morgan fingerprint density at radius 1 is 1.52 bits per heavy atom. The van der Waals surface area contributed by atoms with Crippen LogP contribution >= 0.6 is 0 Å². The highest BCUT2D eigenvalue weighted by Gasteiger charge is 2.27. The number of hydrogen-bond acceptors (Lipinski definition) is 5. The minimum atomic E-state index is -0.433. The van der Waals surface area contributed by atoms with Crippen LogP contribution in [0.1, 0.15) is 12.2 Å². The van der Waals surface area contributed by atoms with Crippen molar-refractivity contribution < 1.29 is 18.7 Å². The third-order valence-corrected chi connectivity index (χ3v) is 3.18. The third-order valence-electron chi connectivity index (χ3n) is 3.18. The molecule has 0 saturated carbocycles. The van der Waals surface area contributed by atoms with Crippen LogP contribution in [0.4, 0.5) is 4.79 Å². The standard InChI is InChI=1S/C14H20N2O5/c1-10-7-12(8-13(17)20-10)21-11-3-5-16(9-11)14(18)15-4-6-19-2/h7-8,11H,3-6,9H2,1-2H3,(H,15,18). The van der Waals surface area contributed by atoms with Gasteiger partial charge in [0.05, 0.1) is 19.2 Å².